The van der Waals surface area contributed by atoms with E-state index in [1.54, 1.807) is 11.3 Å². The van der Waals surface area contributed by atoms with E-state index in [1.165, 1.54) is 5.56 Å². The first-order valence-electron chi connectivity index (χ1n) is 7.53. The molecule has 0 radical (unpaired) electrons. The highest BCUT2D eigenvalue weighted by atomic mass is 32.1. The zero-order valence-electron chi connectivity index (χ0n) is 13.2. The molecule has 1 aromatic carbocycles. The molecule has 0 unspecified atom stereocenters. The van der Waals surface area contributed by atoms with Crippen molar-refractivity contribution in [1.82, 2.24) is 15.2 Å². The first-order valence-corrected chi connectivity index (χ1v) is 8.41. The molecule has 22 heavy (non-hydrogen) atoms. The lowest BCUT2D eigenvalue weighted by atomic mass is 10.2. The van der Waals surface area contributed by atoms with Crippen LogP contribution in [0, 0.1) is 6.92 Å². The highest BCUT2D eigenvalue weighted by molar-refractivity contribution is 7.09. The summed E-state index contributed by atoms with van der Waals surface area (Å²) in [5.41, 5.74) is 2.18. The molecule has 4 nitrogen and oxygen atoms in total. The van der Waals surface area contributed by atoms with E-state index in [4.69, 9.17) is 0 Å². The summed E-state index contributed by atoms with van der Waals surface area (Å²) < 4.78 is 0. The minimum Gasteiger partial charge on any atom is -0.356 e. The number of hydrogen-bond donors (Lipinski definition) is 1. The summed E-state index contributed by atoms with van der Waals surface area (Å²) in [6.45, 7) is 4.56. The Morgan fingerprint density at radius 2 is 2.09 bits per heavy atom. The fourth-order valence-corrected chi connectivity index (χ4v) is 2.88. The Balaban J connectivity index is 1.59. The van der Waals surface area contributed by atoms with Crippen LogP contribution in [0.3, 0.4) is 0 Å². The van der Waals surface area contributed by atoms with Crippen LogP contribution in [0.5, 0.6) is 0 Å². The number of benzene rings is 1. The summed E-state index contributed by atoms with van der Waals surface area (Å²) in [5.74, 6) is 0.0519. The first kappa shape index (κ1) is 16.6. The van der Waals surface area contributed by atoms with Crippen molar-refractivity contribution in [2.75, 3.05) is 20.1 Å². The highest BCUT2D eigenvalue weighted by Gasteiger charge is 2.06. The van der Waals surface area contributed by atoms with Crippen molar-refractivity contribution in [3.63, 3.8) is 0 Å². The van der Waals surface area contributed by atoms with Gasteiger partial charge < -0.3 is 10.2 Å². The van der Waals surface area contributed by atoms with E-state index in [0.29, 0.717) is 13.0 Å². The van der Waals surface area contributed by atoms with Crippen molar-refractivity contribution in [3.05, 3.63) is 52.0 Å². The number of rotatable bonds is 8. The average molecular weight is 317 g/mol. The fraction of sp³-hybridized carbons (Fsp3) is 0.412. The Hall–Kier alpha value is -1.72. The number of amides is 1. The maximum atomic E-state index is 11.8. The Bertz CT molecular complexity index is 583. The van der Waals surface area contributed by atoms with E-state index in [-0.39, 0.29) is 5.91 Å². The zero-order chi connectivity index (χ0) is 15.8. The molecule has 2 rings (SSSR count). The quantitative estimate of drug-likeness (QED) is 0.761. The number of nitrogens with one attached hydrogen (secondary N) is 1. The van der Waals surface area contributed by atoms with Crippen molar-refractivity contribution < 1.29 is 4.79 Å². The molecule has 0 saturated heterocycles. The van der Waals surface area contributed by atoms with Crippen LogP contribution in [-0.2, 0) is 17.8 Å². The van der Waals surface area contributed by atoms with Gasteiger partial charge in [0.25, 0.3) is 0 Å². The van der Waals surface area contributed by atoms with Gasteiger partial charge in [-0.05, 0) is 32.5 Å². The number of carbonyl (C=O) groups excluding carboxylic acids is 1. The monoisotopic (exact) mass is 317 g/mol. The number of aromatic nitrogens is 1. The maximum absolute atomic E-state index is 11.8. The van der Waals surface area contributed by atoms with E-state index < -0.39 is 0 Å². The molecule has 2 aromatic rings. The topological polar surface area (TPSA) is 45.2 Å². The van der Waals surface area contributed by atoms with Crippen molar-refractivity contribution in [2.24, 2.45) is 0 Å². The molecule has 1 amide bonds. The summed E-state index contributed by atoms with van der Waals surface area (Å²) in [4.78, 5) is 18.4. The summed E-state index contributed by atoms with van der Waals surface area (Å²) in [6, 6.07) is 10.4. The molecular weight excluding hydrogens is 294 g/mol. The van der Waals surface area contributed by atoms with Crippen molar-refractivity contribution >= 4 is 17.2 Å². The van der Waals surface area contributed by atoms with Crippen LogP contribution in [0.25, 0.3) is 0 Å². The Labute approximate surface area is 136 Å². The van der Waals surface area contributed by atoms with E-state index in [2.05, 4.69) is 46.5 Å². The molecule has 0 fully saturated rings. The molecule has 1 N–H and O–H groups in total. The van der Waals surface area contributed by atoms with Gasteiger partial charge in [-0.15, -0.1) is 11.3 Å². The molecule has 0 bridgehead atoms. The SMILES string of the molecule is Cc1nc(CC(=O)NCCCN(C)Cc2ccccc2)cs1. The van der Waals surface area contributed by atoms with Crippen LogP contribution in [0.2, 0.25) is 0 Å². The second-order valence-corrected chi connectivity index (χ2v) is 6.52. The molecule has 0 spiro atoms. The van der Waals surface area contributed by atoms with Gasteiger partial charge in [0.1, 0.15) is 0 Å². The van der Waals surface area contributed by atoms with Gasteiger partial charge in [0.05, 0.1) is 17.1 Å². The van der Waals surface area contributed by atoms with Crippen LogP contribution < -0.4 is 5.32 Å². The van der Waals surface area contributed by atoms with Crippen LogP contribution in [0.4, 0.5) is 0 Å². The molecule has 0 saturated carbocycles. The average Bonchev–Trinajstić information content (AvgIpc) is 2.90. The molecule has 1 aromatic heterocycles. The van der Waals surface area contributed by atoms with Crippen LogP contribution >= 0.6 is 11.3 Å². The molecule has 118 valence electrons. The van der Waals surface area contributed by atoms with Gasteiger partial charge in [-0.1, -0.05) is 30.3 Å². The normalized spacial score (nSPS) is 10.9. The number of hydrogen-bond acceptors (Lipinski definition) is 4. The minimum absolute atomic E-state index is 0.0519. The summed E-state index contributed by atoms with van der Waals surface area (Å²) in [7, 11) is 2.10. The standard InChI is InChI=1S/C17H23N3OS/c1-14-19-16(13-22-14)11-17(21)18-9-6-10-20(2)12-15-7-4-3-5-8-15/h3-5,7-8,13H,6,9-12H2,1-2H3,(H,18,21). The molecule has 0 aliphatic rings. The summed E-state index contributed by atoms with van der Waals surface area (Å²) in [6.07, 6.45) is 1.33. The largest absolute Gasteiger partial charge is 0.356 e. The van der Waals surface area contributed by atoms with Gasteiger partial charge in [-0.3, -0.25) is 4.79 Å². The zero-order valence-corrected chi connectivity index (χ0v) is 14.0. The third-order valence-corrected chi connectivity index (χ3v) is 4.16. The van der Waals surface area contributed by atoms with Crippen molar-refractivity contribution in [2.45, 2.75) is 26.3 Å². The van der Waals surface area contributed by atoms with Crippen LogP contribution in [0.1, 0.15) is 22.7 Å². The molecule has 5 heteroatoms. The first-order chi connectivity index (χ1) is 10.6. The Kier molecular flexibility index (Phi) is 6.55. The molecule has 1 heterocycles. The van der Waals surface area contributed by atoms with E-state index in [9.17, 15) is 4.79 Å². The third kappa shape index (κ3) is 5.95. The Morgan fingerprint density at radius 1 is 1.32 bits per heavy atom. The lowest BCUT2D eigenvalue weighted by Crippen LogP contribution is -2.29. The molecular formula is C17H23N3OS. The molecule has 0 atom stereocenters. The smallest absolute Gasteiger partial charge is 0.226 e. The molecule has 0 aliphatic carbocycles. The lowest BCUT2D eigenvalue weighted by molar-refractivity contribution is -0.120. The minimum atomic E-state index is 0.0519. The number of nitrogens with zero attached hydrogens (tertiary/aromatic N) is 2. The van der Waals surface area contributed by atoms with Crippen molar-refractivity contribution in [1.29, 1.82) is 0 Å². The maximum Gasteiger partial charge on any atom is 0.226 e. The second kappa shape index (κ2) is 8.66. The predicted molar refractivity (Wildman–Crippen MR) is 91.0 cm³/mol. The predicted octanol–water partition coefficient (Wildman–Crippen LogP) is 2.63. The van der Waals surface area contributed by atoms with Gasteiger partial charge in [0, 0.05) is 18.5 Å². The van der Waals surface area contributed by atoms with Crippen molar-refractivity contribution in [3.8, 4) is 0 Å². The number of carbonyl (C=O) groups is 1. The van der Waals surface area contributed by atoms with Gasteiger partial charge in [0.2, 0.25) is 5.91 Å². The summed E-state index contributed by atoms with van der Waals surface area (Å²) in [5, 5.41) is 5.91. The van der Waals surface area contributed by atoms with Gasteiger partial charge >= 0.3 is 0 Å². The molecule has 0 aliphatic heterocycles. The highest BCUT2D eigenvalue weighted by Crippen LogP contribution is 2.08. The second-order valence-electron chi connectivity index (χ2n) is 5.46. The number of aryl methyl sites for hydroxylation is 1. The van der Waals surface area contributed by atoms with Gasteiger partial charge in [0.15, 0.2) is 0 Å². The lowest BCUT2D eigenvalue weighted by Gasteiger charge is -2.16. The summed E-state index contributed by atoms with van der Waals surface area (Å²) >= 11 is 1.58. The van der Waals surface area contributed by atoms with E-state index >= 15 is 0 Å². The third-order valence-electron chi connectivity index (χ3n) is 3.34. The van der Waals surface area contributed by atoms with Crippen LogP contribution in [-0.4, -0.2) is 35.9 Å². The van der Waals surface area contributed by atoms with E-state index in [0.717, 1.165) is 30.2 Å². The van der Waals surface area contributed by atoms with Gasteiger partial charge in [-0.2, -0.15) is 0 Å². The fourth-order valence-electron chi connectivity index (χ4n) is 2.27. The Morgan fingerprint density at radius 3 is 2.77 bits per heavy atom. The van der Waals surface area contributed by atoms with Crippen LogP contribution in [0.15, 0.2) is 35.7 Å². The van der Waals surface area contributed by atoms with Gasteiger partial charge in [-0.25, -0.2) is 4.98 Å². The number of thiazole rings is 1. The van der Waals surface area contributed by atoms with E-state index in [1.807, 2.05) is 18.4 Å².